The molecular formula is C7H9BrN2O. The number of rotatable bonds is 2. The van der Waals surface area contributed by atoms with E-state index in [4.69, 9.17) is 0 Å². The molecular weight excluding hydrogens is 208 g/mol. The molecule has 1 rings (SSSR count). The van der Waals surface area contributed by atoms with Crippen molar-refractivity contribution >= 4 is 15.9 Å². The molecule has 0 saturated carbocycles. The van der Waals surface area contributed by atoms with Gasteiger partial charge in [0.05, 0.1) is 6.54 Å². The van der Waals surface area contributed by atoms with Gasteiger partial charge >= 0.3 is 5.69 Å². The lowest BCUT2D eigenvalue weighted by molar-refractivity contribution is 0.727. The Morgan fingerprint density at radius 2 is 2.36 bits per heavy atom. The van der Waals surface area contributed by atoms with Gasteiger partial charge < -0.3 is 4.57 Å². The summed E-state index contributed by atoms with van der Waals surface area (Å²) in [4.78, 5) is 11.2. The molecule has 1 heterocycles. The van der Waals surface area contributed by atoms with Gasteiger partial charge in [0, 0.05) is 23.9 Å². The molecule has 0 spiro atoms. The summed E-state index contributed by atoms with van der Waals surface area (Å²) < 4.78 is 3.90. The van der Waals surface area contributed by atoms with E-state index in [0.29, 0.717) is 6.54 Å². The van der Waals surface area contributed by atoms with Gasteiger partial charge in [0.15, 0.2) is 0 Å². The van der Waals surface area contributed by atoms with E-state index in [1.807, 2.05) is 0 Å². The summed E-state index contributed by atoms with van der Waals surface area (Å²) in [5.74, 6) is 0. The van der Waals surface area contributed by atoms with Crippen molar-refractivity contribution in [3.8, 4) is 0 Å². The highest BCUT2D eigenvalue weighted by molar-refractivity contribution is 9.11. The van der Waals surface area contributed by atoms with Crippen LogP contribution in [-0.2, 0) is 13.6 Å². The van der Waals surface area contributed by atoms with Gasteiger partial charge in [0.25, 0.3) is 0 Å². The van der Waals surface area contributed by atoms with Gasteiger partial charge in [-0.05, 0) is 0 Å². The lowest BCUT2D eigenvalue weighted by Crippen LogP contribution is -2.21. The van der Waals surface area contributed by atoms with Crippen molar-refractivity contribution in [2.75, 3.05) is 0 Å². The molecule has 0 unspecified atom stereocenters. The second kappa shape index (κ2) is 3.09. The molecule has 0 N–H and O–H groups in total. The maximum Gasteiger partial charge on any atom is 0.328 e. The monoisotopic (exact) mass is 216 g/mol. The van der Waals surface area contributed by atoms with Crippen LogP contribution in [0.5, 0.6) is 0 Å². The maximum atomic E-state index is 11.2. The third kappa shape index (κ3) is 1.83. The average molecular weight is 217 g/mol. The average Bonchev–Trinajstić information content (AvgIpc) is 2.18. The Morgan fingerprint density at radius 3 is 2.73 bits per heavy atom. The zero-order valence-electron chi connectivity index (χ0n) is 6.25. The van der Waals surface area contributed by atoms with E-state index in [0.717, 1.165) is 4.48 Å². The largest absolute Gasteiger partial charge is 0.328 e. The molecule has 0 saturated heterocycles. The zero-order valence-corrected chi connectivity index (χ0v) is 7.84. The van der Waals surface area contributed by atoms with Crippen LogP contribution in [0, 0.1) is 0 Å². The smallest absolute Gasteiger partial charge is 0.302 e. The van der Waals surface area contributed by atoms with Gasteiger partial charge in [-0.1, -0.05) is 22.5 Å². The van der Waals surface area contributed by atoms with Gasteiger partial charge in [-0.3, -0.25) is 4.57 Å². The van der Waals surface area contributed by atoms with E-state index in [9.17, 15) is 4.79 Å². The van der Waals surface area contributed by atoms with Crippen LogP contribution in [0.15, 0.2) is 28.2 Å². The van der Waals surface area contributed by atoms with Crippen LogP contribution >= 0.6 is 15.9 Å². The topological polar surface area (TPSA) is 26.9 Å². The number of aromatic nitrogens is 2. The summed E-state index contributed by atoms with van der Waals surface area (Å²) in [7, 11) is 1.72. The first-order valence-electron chi connectivity index (χ1n) is 3.16. The van der Waals surface area contributed by atoms with Crippen LogP contribution in [0.4, 0.5) is 0 Å². The summed E-state index contributed by atoms with van der Waals surface area (Å²) in [6, 6.07) is 0. The number of allylic oxidation sites excluding steroid dienone is 1. The van der Waals surface area contributed by atoms with Crippen LogP contribution in [-0.4, -0.2) is 9.13 Å². The third-order valence-corrected chi connectivity index (χ3v) is 1.61. The fourth-order valence-corrected chi connectivity index (χ4v) is 1.09. The van der Waals surface area contributed by atoms with E-state index >= 15 is 0 Å². The second-order valence-electron chi connectivity index (χ2n) is 2.34. The highest BCUT2D eigenvalue weighted by atomic mass is 79.9. The molecule has 0 aliphatic carbocycles. The summed E-state index contributed by atoms with van der Waals surface area (Å²) in [6.07, 6.45) is 3.45. The first-order chi connectivity index (χ1) is 5.11. The molecule has 1 aromatic heterocycles. The Labute approximate surface area is 73.1 Å². The first kappa shape index (κ1) is 8.33. The van der Waals surface area contributed by atoms with Gasteiger partial charge in [0.2, 0.25) is 0 Å². The molecule has 0 aliphatic rings. The maximum absolute atomic E-state index is 11.2. The van der Waals surface area contributed by atoms with Crippen LogP contribution in [0.25, 0.3) is 0 Å². The first-order valence-corrected chi connectivity index (χ1v) is 3.95. The van der Waals surface area contributed by atoms with E-state index < -0.39 is 0 Å². The standard InChI is InChI=1S/C7H9BrN2O/c1-6(8)5-10-4-3-9(2)7(10)11/h3-4H,1,5H2,2H3. The van der Waals surface area contributed by atoms with Crippen LogP contribution in [0.3, 0.4) is 0 Å². The fourth-order valence-electron chi connectivity index (χ4n) is 0.816. The van der Waals surface area contributed by atoms with Crippen molar-refractivity contribution < 1.29 is 0 Å². The van der Waals surface area contributed by atoms with Crippen molar-refractivity contribution in [3.63, 3.8) is 0 Å². The zero-order chi connectivity index (χ0) is 8.43. The van der Waals surface area contributed by atoms with E-state index in [1.54, 1.807) is 24.0 Å². The summed E-state index contributed by atoms with van der Waals surface area (Å²) >= 11 is 3.19. The number of hydrogen-bond acceptors (Lipinski definition) is 1. The second-order valence-corrected chi connectivity index (χ2v) is 3.46. The normalized spacial score (nSPS) is 10.0. The van der Waals surface area contributed by atoms with Crippen molar-refractivity contribution in [1.82, 2.24) is 9.13 Å². The van der Waals surface area contributed by atoms with Crippen molar-refractivity contribution in [2.45, 2.75) is 6.54 Å². The number of halogens is 1. The number of aryl methyl sites for hydroxylation is 1. The molecule has 0 aromatic carbocycles. The summed E-state index contributed by atoms with van der Waals surface area (Å²) in [5.41, 5.74) is -0.0226. The molecule has 3 nitrogen and oxygen atoms in total. The predicted octanol–water partition coefficient (Wildman–Crippen LogP) is 1.10. The molecule has 0 radical (unpaired) electrons. The van der Waals surface area contributed by atoms with Crippen molar-refractivity contribution in [3.05, 3.63) is 33.9 Å². The minimum absolute atomic E-state index is 0.0226. The molecule has 0 atom stereocenters. The highest BCUT2D eigenvalue weighted by Gasteiger charge is 1.98. The third-order valence-electron chi connectivity index (χ3n) is 1.36. The molecule has 0 aliphatic heterocycles. The number of imidazole rings is 1. The van der Waals surface area contributed by atoms with Gasteiger partial charge in [-0.2, -0.15) is 0 Å². The van der Waals surface area contributed by atoms with Crippen molar-refractivity contribution in [2.24, 2.45) is 7.05 Å². The van der Waals surface area contributed by atoms with E-state index in [1.165, 1.54) is 4.57 Å². The molecule has 0 amide bonds. The van der Waals surface area contributed by atoms with E-state index in [-0.39, 0.29) is 5.69 Å². The Morgan fingerprint density at radius 1 is 1.73 bits per heavy atom. The molecule has 60 valence electrons. The minimum atomic E-state index is -0.0226. The van der Waals surface area contributed by atoms with Gasteiger partial charge in [-0.25, -0.2) is 4.79 Å². The number of nitrogens with zero attached hydrogens (tertiary/aromatic N) is 2. The van der Waals surface area contributed by atoms with E-state index in [2.05, 4.69) is 22.5 Å². The Balaban J connectivity index is 2.97. The quantitative estimate of drug-likeness (QED) is 0.728. The number of hydrogen-bond donors (Lipinski definition) is 0. The summed E-state index contributed by atoms with van der Waals surface area (Å²) in [6.45, 7) is 4.18. The molecule has 11 heavy (non-hydrogen) atoms. The molecule has 1 aromatic rings. The molecule has 0 fully saturated rings. The predicted molar refractivity (Wildman–Crippen MR) is 47.7 cm³/mol. The van der Waals surface area contributed by atoms with Crippen LogP contribution in [0.1, 0.15) is 0 Å². The van der Waals surface area contributed by atoms with Crippen LogP contribution < -0.4 is 5.69 Å². The lowest BCUT2D eigenvalue weighted by atomic mass is 10.6. The SMILES string of the molecule is C=C(Br)Cn1ccn(C)c1=O. The highest BCUT2D eigenvalue weighted by Crippen LogP contribution is 2.02. The summed E-state index contributed by atoms with van der Waals surface area (Å²) in [5, 5.41) is 0. The van der Waals surface area contributed by atoms with Crippen molar-refractivity contribution in [1.29, 1.82) is 0 Å². The minimum Gasteiger partial charge on any atom is -0.302 e. The van der Waals surface area contributed by atoms with Gasteiger partial charge in [0.1, 0.15) is 0 Å². The molecule has 4 heteroatoms. The van der Waals surface area contributed by atoms with Gasteiger partial charge in [-0.15, -0.1) is 0 Å². The Hall–Kier alpha value is -0.770. The molecule has 0 bridgehead atoms. The fraction of sp³-hybridized carbons (Fsp3) is 0.286. The Kier molecular flexibility index (Phi) is 2.34. The lowest BCUT2D eigenvalue weighted by Gasteiger charge is -1.96. The van der Waals surface area contributed by atoms with Crippen LogP contribution in [0.2, 0.25) is 0 Å². The Bertz CT molecular complexity index is 323.